The van der Waals surface area contributed by atoms with Crippen molar-refractivity contribution in [3.63, 3.8) is 0 Å². The Morgan fingerprint density at radius 2 is 2.00 bits per heavy atom. The Kier molecular flexibility index (Phi) is 5.19. The molecule has 2 rings (SSSR count). The summed E-state index contributed by atoms with van der Waals surface area (Å²) in [5.74, 6) is -0.645. The average Bonchev–Trinajstić information content (AvgIpc) is 2.89. The van der Waals surface area contributed by atoms with Gasteiger partial charge in [0.05, 0.1) is 6.10 Å². The molecule has 2 heterocycles. The summed E-state index contributed by atoms with van der Waals surface area (Å²) >= 11 is 0. The number of hydrogen-bond donors (Lipinski definition) is 1. The fourth-order valence-electron chi connectivity index (χ4n) is 3.36. The lowest BCUT2D eigenvalue weighted by atomic mass is 10.0. The van der Waals surface area contributed by atoms with E-state index in [2.05, 4.69) is 16.7 Å². The van der Waals surface area contributed by atoms with Gasteiger partial charge in [0.1, 0.15) is 6.04 Å². The molecule has 2 aliphatic rings. The highest BCUT2D eigenvalue weighted by atomic mass is 16.5. The first-order valence-electron chi connectivity index (χ1n) is 7.35. The largest absolute Gasteiger partial charge is 0.480 e. The number of carboxylic acid groups (broad SMARTS) is 1. The van der Waals surface area contributed by atoms with Crippen molar-refractivity contribution in [1.82, 2.24) is 9.80 Å². The normalized spacial score (nSPS) is 28.6. The van der Waals surface area contributed by atoms with Gasteiger partial charge in [-0.05, 0) is 52.2 Å². The van der Waals surface area contributed by atoms with Gasteiger partial charge in [0, 0.05) is 19.7 Å². The van der Waals surface area contributed by atoms with Crippen LogP contribution >= 0.6 is 0 Å². The number of rotatable bonds is 5. The molecular weight excluding hydrogens is 244 g/mol. The predicted octanol–water partition coefficient (Wildman–Crippen LogP) is 1.03. The standard InChI is InChI=1S/C14H26N2O3/c1-11(19-2)10-15-8-5-12(6-9-15)16-7-3-4-13(16)14(17)18/h11-13H,3-10H2,1-2H3,(H,17,18). The van der Waals surface area contributed by atoms with Crippen molar-refractivity contribution < 1.29 is 14.6 Å². The summed E-state index contributed by atoms with van der Waals surface area (Å²) in [7, 11) is 1.75. The lowest BCUT2D eigenvalue weighted by Crippen LogP contribution is -2.49. The number of methoxy groups -OCH3 is 1. The molecule has 2 atom stereocenters. The van der Waals surface area contributed by atoms with Crippen molar-refractivity contribution in [2.45, 2.75) is 50.8 Å². The zero-order valence-electron chi connectivity index (χ0n) is 12.0. The fourth-order valence-corrected chi connectivity index (χ4v) is 3.36. The summed E-state index contributed by atoms with van der Waals surface area (Å²) < 4.78 is 5.30. The Morgan fingerprint density at radius 1 is 1.32 bits per heavy atom. The highest BCUT2D eigenvalue weighted by molar-refractivity contribution is 5.73. The van der Waals surface area contributed by atoms with Crippen LogP contribution < -0.4 is 0 Å². The van der Waals surface area contributed by atoms with Crippen molar-refractivity contribution >= 4 is 5.97 Å². The molecule has 19 heavy (non-hydrogen) atoms. The van der Waals surface area contributed by atoms with Gasteiger partial charge in [-0.3, -0.25) is 9.69 Å². The molecule has 0 aromatic heterocycles. The Hall–Kier alpha value is -0.650. The number of likely N-dealkylation sites (tertiary alicyclic amines) is 2. The Bertz CT molecular complexity index is 303. The van der Waals surface area contributed by atoms with Crippen LogP contribution in [0.3, 0.4) is 0 Å². The Balaban J connectivity index is 1.81. The molecule has 0 amide bonds. The van der Waals surface area contributed by atoms with Gasteiger partial charge in [0.25, 0.3) is 0 Å². The lowest BCUT2D eigenvalue weighted by molar-refractivity contribution is -0.143. The molecule has 0 bridgehead atoms. The molecule has 0 aromatic rings. The van der Waals surface area contributed by atoms with Crippen LogP contribution in [0, 0.1) is 0 Å². The van der Waals surface area contributed by atoms with Crippen LogP contribution in [0.2, 0.25) is 0 Å². The number of carboxylic acids is 1. The molecule has 1 N–H and O–H groups in total. The smallest absolute Gasteiger partial charge is 0.320 e. The molecule has 2 saturated heterocycles. The molecule has 0 aromatic carbocycles. The quantitative estimate of drug-likeness (QED) is 0.809. The summed E-state index contributed by atoms with van der Waals surface area (Å²) in [6.07, 6.45) is 4.28. The Labute approximate surface area is 115 Å². The second-order valence-corrected chi connectivity index (χ2v) is 5.81. The molecule has 5 nitrogen and oxygen atoms in total. The lowest BCUT2D eigenvalue weighted by Gasteiger charge is -2.38. The molecule has 0 saturated carbocycles. The highest BCUT2D eigenvalue weighted by Gasteiger charge is 2.36. The first-order valence-corrected chi connectivity index (χ1v) is 7.35. The second kappa shape index (κ2) is 6.68. The minimum atomic E-state index is -0.645. The van der Waals surface area contributed by atoms with Crippen molar-refractivity contribution in [1.29, 1.82) is 0 Å². The van der Waals surface area contributed by atoms with Crippen LogP contribution in [0.25, 0.3) is 0 Å². The maximum Gasteiger partial charge on any atom is 0.320 e. The fraction of sp³-hybridized carbons (Fsp3) is 0.929. The van der Waals surface area contributed by atoms with Crippen LogP contribution in [0.4, 0.5) is 0 Å². The van der Waals surface area contributed by atoms with Gasteiger partial charge in [-0.25, -0.2) is 0 Å². The molecule has 0 aliphatic carbocycles. The van der Waals surface area contributed by atoms with Crippen LogP contribution in [0.15, 0.2) is 0 Å². The zero-order chi connectivity index (χ0) is 13.8. The number of hydrogen-bond acceptors (Lipinski definition) is 4. The summed E-state index contributed by atoms with van der Waals surface area (Å²) in [4.78, 5) is 15.9. The molecule has 2 aliphatic heterocycles. The van der Waals surface area contributed by atoms with E-state index in [-0.39, 0.29) is 12.1 Å². The van der Waals surface area contributed by atoms with Gasteiger partial charge in [0.15, 0.2) is 0 Å². The van der Waals surface area contributed by atoms with E-state index < -0.39 is 5.97 Å². The third-order valence-electron chi connectivity index (χ3n) is 4.52. The SMILES string of the molecule is COC(C)CN1CCC(N2CCCC2C(=O)O)CC1. The maximum atomic E-state index is 11.2. The molecule has 0 radical (unpaired) electrons. The summed E-state index contributed by atoms with van der Waals surface area (Å²) in [5, 5.41) is 9.25. The van der Waals surface area contributed by atoms with Crippen LogP contribution in [-0.4, -0.2) is 72.4 Å². The van der Waals surface area contributed by atoms with Crippen molar-refractivity contribution in [3.8, 4) is 0 Å². The third-order valence-corrected chi connectivity index (χ3v) is 4.52. The first kappa shape index (κ1) is 14.8. The van der Waals surface area contributed by atoms with Gasteiger partial charge in [-0.1, -0.05) is 0 Å². The topological polar surface area (TPSA) is 53.0 Å². The summed E-state index contributed by atoms with van der Waals surface area (Å²) in [5.41, 5.74) is 0. The summed E-state index contributed by atoms with van der Waals surface area (Å²) in [6, 6.07) is 0.215. The van der Waals surface area contributed by atoms with Gasteiger partial charge >= 0.3 is 5.97 Å². The molecule has 0 spiro atoms. The predicted molar refractivity (Wildman–Crippen MR) is 73.3 cm³/mol. The van der Waals surface area contributed by atoms with Gasteiger partial charge in [-0.2, -0.15) is 0 Å². The average molecular weight is 270 g/mol. The first-order chi connectivity index (χ1) is 9.11. The van der Waals surface area contributed by atoms with Gasteiger partial charge in [0.2, 0.25) is 0 Å². The molecule has 110 valence electrons. The van der Waals surface area contributed by atoms with E-state index in [9.17, 15) is 9.90 Å². The third kappa shape index (κ3) is 3.68. The Morgan fingerprint density at radius 3 is 2.58 bits per heavy atom. The van der Waals surface area contributed by atoms with Crippen molar-refractivity contribution in [3.05, 3.63) is 0 Å². The maximum absolute atomic E-state index is 11.2. The van der Waals surface area contributed by atoms with E-state index in [0.29, 0.717) is 6.04 Å². The molecule has 2 fully saturated rings. The number of nitrogens with zero attached hydrogens (tertiary/aromatic N) is 2. The van der Waals surface area contributed by atoms with E-state index >= 15 is 0 Å². The van der Waals surface area contributed by atoms with Crippen LogP contribution in [-0.2, 0) is 9.53 Å². The zero-order valence-corrected chi connectivity index (χ0v) is 12.0. The van der Waals surface area contributed by atoms with E-state index in [4.69, 9.17) is 4.74 Å². The monoisotopic (exact) mass is 270 g/mol. The van der Waals surface area contributed by atoms with E-state index in [1.54, 1.807) is 7.11 Å². The van der Waals surface area contributed by atoms with Crippen molar-refractivity contribution in [2.24, 2.45) is 0 Å². The van der Waals surface area contributed by atoms with Crippen molar-refractivity contribution in [2.75, 3.05) is 33.3 Å². The van der Waals surface area contributed by atoms with Gasteiger partial charge < -0.3 is 14.7 Å². The number of ether oxygens (including phenoxy) is 1. The highest BCUT2D eigenvalue weighted by Crippen LogP contribution is 2.26. The number of aliphatic carboxylic acids is 1. The van der Waals surface area contributed by atoms with E-state index in [1.807, 2.05) is 0 Å². The van der Waals surface area contributed by atoms with E-state index in [1.165, 1.54) is 0 Å². The van der Waals surface area contributed by atoms with Gasteiger partial charge in [-0.15, -0.1) is 0 Å². The summed E-state index contributed by atoms with van der Waals surface area (Å²) in [6.45, 7) is 6.14. The minimum Gasteiger partial charge on any atom is -0.480 e. The molecular formula is C14H26N2O3. The number of carbonyl (C=O) groups is 1. The molecule has 2 unspecified atom stereocenters. The second-order valence-electron chi connectivity index (χ2n) is 5.81. The van der Waals surface area contributed by atoms with Crippen LogP contribution in [0.1, 0.15) is 32.6 Å². The number of piperidine rings is 1. The van der Waals surface area contributed by atoms with Crippen LogP contribution in [0.5, 0.6) is 0 Å². The minimum absolute atomic E-state index is 0.241. The van der Waals surface area contributed by atoms with E-state index in [0.717, 1.165) is 51.9 Å². The molecule has 5 heteroatoms.